The Kier molecular flexibility index (Phi) is 7.93. The molecular formula is C26H22N2O9S2. The molecule has 1 amide bonds. The van der Waals surface area contributed by atoms with Crippen molar-refractivity contribution in [1.29, 1.82) is 0 Å². The summed E-state index contributed by atoms with van der Waals surface area (Å²) in [6.45, 7) is 1.13. The lowest BCUT2D eigenvalue weighted by molar-refractivity contribution is -0.385. The van der Waals surface area contributed by atoms with Crippen molar-refractivity contribution >= 4 is 50.9 Å². The molecule has 1 N–H and O–H groups in total. The summed E-state index contributed by atoms with van der Waals surface area (Å²) in [7, 11) is -0.975. The molecule has 0 saturated carbocycles. The first-order valence-electron chi connectivity index (χ1n) is 11.3. The van der Waals surface area contributed by atoms with E-state index in [1.807, 2.05) is 0 Å². The smallest absolute Gasteiger partial charge is 0.312 e. The van der Waals surface area contributed by atoms with Crippen molar-refractivity contribution in [3.05, 3.63) is 80.7 Å². The fourth-order valence-corrected chi connectivity index (χ4v) is 6.17. The zero-order chi connectivity index (χ0) is 28.3. The Labute approximate surface area is 227 Å². The van der Waals surface area contributed by atoms with Crippen LogP contribution in [-0.2, 0) is 25.2 Å². The number of sulfone groups is 1. The molecule has 1 heterocycles. The first-order valence-corrected chi connectivity index (χ1v) is 13.7. The molecule has 39 heavy (non-hydrogen) atoms. The zero-order valence-corrected chi connectivity index (χ0v) is 22.6. The number of nitro groups is 1. The summed E-state index contributed by atoms with van der Waals surface area (Å²) in [5.41, 5.74) is 0.593. The number of hydrogen-bond donors (Lipinski definition) is 1. The molecule has 0 unspecified atom stereocenters. The third-order valence-electron chi connectivity index (χ3n) is 5.60. The van der Waals surface area contributed by atoms with Crippen molar-refractivity contribution in [2.45, 2.75) is 22.5 Å². The van der Waals surface area contributed by atoms with Crippen molar-refractivity contribution in [2.24, 2.45) is 0 Å². The van der Waals surface area contributed by atoms with Gasteiger partial charge in [0.15, 0.2) is 9.84 Å². The molecule has 0 spiro atoms. The van der Waals surface area contributed by atoms with Gasteiger partial charge in [-0.25, -0.2) is 8.42 Å². The molecule has 0 bridgehead atoms. The van der Waals surface area contributed by atoms with E-state index in [-0.39, 0.29) is 21.3 Å². The fraction of sp³-hybridized carbons (Fsp3) is 0.154. The minimum atomic E-state index is -3.85. The molecule has 0 saturated heterocycles. The molecule has 3 aromatic rings. The van der Waals surface area contributed by atoms with E-state index < -0.39 is 32.3 Å². The van der Waals surface area contributed by atoms with Gasteiger partial charge in [-0.1, -0.05) is 23.9 Å². The summed E-state index contributed by atoms with van der Waals surface area (Å²) < 4.78 is 42.0. The summed E-state index contributed by atoms with van der Waals surface area (Å²) in [4.78, 5) is 35.6. The minimum Gasteiger partial charge on any atom is -0.496 e. The van der Waals surface area contributed by atoms with E-state index in [0.29, 0.717) is 33.2 Å². The van der Waals surface area contributed by atoms with E-state index in [2.05, 4.69) is 5.32 Å². The van der Waals surface area contributed by atoms with Gasteiger partial charge < -0.3 is 19.5 Å². The van der Waals surface area contributed by atoms with Gasteiger partial charge in [0.1, 0.15) is 11.5 Å². The third-order valence-corrected chi connectivity index (χ3v) is 8.34. The average Bonchev–Trinajstić information content (AvgIpc) is 2.89. The predicted octanol–water partition coefficient (Wildman–Crippen LogP) is 4.60. The summed E-state index contributed by atoms with van der Waals surface area (Å²) in [5, 5.41) is 14.1. The topological polar surface area (TPSA) is 151 Å². The first kappa shape index (κ1) is 27.7. The number of hydrogen-bond acceptors (Lipinski definition) is 10. The van der Waals surface area contributed by atoms with E-state index in [1.54, 1.807) is 24.3 Å². The number of anilines is 1. The molecule has 4 rings (SSSR count). The van der Waals surface area contributed by atoms with E-state index in [1.165, 1.54) is 50.6 Å². The number of nitrogens with one attached hydrogen (secondary N) is 1. The number of carbonyl (C=O) groups excluding carboxylic acids is 2. The highest BCUT2D eigenvalue weighted by Gasteiger charge is 2.26. The van der Waals surface area contributed by atoms with E-state index >= 15 is 0 Å². The second-order valence-electron chi connectivity index (χ2n) is 8.20. The number of esters is 1. The minimum absolute atomic E-state index is 0.000719. The van der Waals surface area contributed by atoms with Crippen LogP contribution in [0.5, 0.6) is 17.2 Å². The number of thioether (sulfide) groups is 1. The highest BCUT2D eigenvalue weighted by Crippen LogP contribution is 2.41. The van der Waals surface area contributed by atoms with Gasteiger partial charge >= 0.3 is 11.7 Å². The number of nitrogens with zero attached hydrogens (tertiary/aromatic N) is 1. The average molecular weight is 571 g/mol. The van der Waals surface area contributed by atoms with Gasteiger partial charge in [0.25, 0.3) is 5.91 Å². The number of amides is 1. The molecule has 202 valence electrons. The van der Waals surface area contributed by atoms with Crippen LogP contribution in [0.15, 0.2) is 69.3 Å². The van der Waals surface area contributed by atoms with Crippen LogP contribution in [-0.4, -0.2) is 39.4 Å². The lowest BCUT2D eigenvalue weighted by atomic mass is 10.1. The van der Waals surface area contributed by atoms with Crippen LogP contribution >= 0.6 is 11.8 Å². The number of methoxy groups -OCH3 is 2. The van der Waals surface area contributed by atoms with Crippen LogP contribution in [0.4, 0.5) is 11.4 Å². The van der Waals surface area contributed by atoms with Crippen LogP contribution in [0, 0.1) is 10.1 Å². The maximum absolute atomic E-state index is 13.3. The highest BCUT2D eigenvalue weighted by molar-refractivity contribution is 8.04. The molecule has 1 aliphatic heterocycles. The Balaban J connectivity index is 1.62. The van der Waals surface area contributed by atoms with Crippen molar-refractivity contribution in [2.75, 3.05) is 19.5 Å². The summed E-state index contributed by atoms with van der Waals surface area (Å²) in [6, 6.07) is 13.3. The maximum atomic E-state index is 13.3. The van der Waals surface area contributed by atoms with Gasteiger partial charge in [0.05, 0.1) is 45.9 Å². The van der Waals surface area contributed by atoms with Gasteiger partial charge in [-0.2, -0.15) is 0 Å². The predicted molar refractivity (Wildman–Crippen MR) is 144 cm³/mol. The molecular weight excluding hydrogens is 548 g/mol. The fourth-order valence-electron chi connectivity index (χ4n) is 3.84. The van der Waals surface area contributed by atoms with E-state index in [4.69, 9.17) is 14.2 Å². The Bertz CT molecular complexity index is 1610. The van der Waals surface area contributed by atoms with Crippen molar-refractivity contribution in [3.8, 4) is 17.2 Å². The number of ether oxygens (including phenoxy) is 3. The highest BCUT2D eigenvalue weighted by atomic mass is 32.2. The van der Waals surface area contributed by atoms with Gasteiger partial charge in [-0.15, -0.1) is 0 Å². The Morgan fingerprint density at radius 2 is 1.74 bits per heavy atom. The lowest BCUT2D eigenvalue weighted by Gasteiger charge is -2.20. The maximum Gasteiger partial charge on any atom is 0.312 e. The summed E-state index contributed by atoms with van der Waals surface area (Å²) >= 11 is 1.08. The lowest BCUT2D eigenvalue weighted by Crippen LogP contribution is -2.18. The normalized spacial score (nSPS) is 13.8. The second-order valence-corrected chi connectivity index (χ2v) is 11.3. The zero-order valence-electron chi connectivity index (χ0n) is 20.9. The Morgan fingerprint density at radius 1 is 1.05 bits per heavy atom. The van der Waals surface area contributed by atoms with Crippen molar-refractivity contribution in [1.82, 2.24) is 0 Å². The number of carbonyl (C=O) groups is 2. The second kappa shape index (κ2) is 11.2. The molecule has 0 aromatic heterocycles. The van der Waals surface area contributed by atoms with Crippen LogP contribution in [0.3, 0.4) is 0 Å². The summed E-state index contributed by atoms with van der Waals surface area (Å²) in [6.07, 6.45) is 1.45. The molecule has 11 nitrogen and oxygen atoms in total. The van der Waals surface area contributed by atoms with Crippen LogP contribution in [0.25, 0.3) is 6.08 Å². The standard InChI is InChI=1S/C26H22N2O9S2/c1-15(29)37-23-9-7-16(11-20(23)28(31)32)12-25-26(30)27-19-13-17(8-10-24(19)38-25)39(33,34)14-18-21(35-2)5-4-6-22(18)36-3/h4-13H,14H2,1-3H3,(H,27,30). The van der Waals surface area contributed by atoms with E-state index in [9.17, 15) is 28.1 Å². The van der Waals surface area contributed by atoms with Crippen LogP contribution in [0.1, 0.15) is 18.1 Å². The molecule has 3 aromatic carbocycles. The third kappa shape index (κ3) is 6.04. The molecule has 0 atom stereocenters. The van der Waals surface area contributed by atoms with Crippen molar-refractivity contribution < 1.29 is 37.1 Å². The monoisotopic (exact) mass is 570 g/mol. The van der Waals surface area contributed by atoms with Gasteiger partial charge in [-0.3, -0.25) is 19.7 Å². The van der Waals surface area contributed by atoms with E-state index in [0.717, 1.165) is 18.7 Å². The number of nitro benzene ring substituents is 1. The quantitative estimate of drug-likeness (QED) is 0.134. The summed E-state index contributed by atoms with van der Waals surface area (Å²) in [5.74, 6) is -1.06. The van der Waals surface area contributed by atoms with Crippen LogP contribution in [0.2, 0.25) is 0 Å². The molecule has 0 radical (unpaired) electrons. The van der Waals surface area contributed by atoms with Gasteiger partial charge in [-0.05, 0) is 48.0 Å². The van der Waals surface area contributed by atoms with Gasteiger partial charge in [0, 0.05) is 17.9 Å². The first-order chi connectivity index (χ1) is 18.5. The number of fused-ring (bicyclic) bond motifs is 1. The van der Waals surface area contributed by atoms with Crippen LogP contribution < -0.4 is 19.5 Å². The largest absolute Gasteiger partial charge is 0.496 e. The SMILES string of the molecule is COc1cccc(OC)c1CS(=O)(=O)c1ccc2c(c1)NC(=O)C(=Cc1ccc(OC(C)=O)c([N+](=O)[O-])c1)S2. The number of benzene rings is 3. The Hall–Kier alpha value is -4.36. The Morgan fingerprint density at radius 3 is 2.36 bits per heavy atom. The van der Waals surface area contributed by atoms with Gasteiger partial charge in [0.2, 0.25) is 5.75 Å². The number of rotatable bonds is 8. The molecule has 13 heteroatoms. The molecule has 1 aliphatic rings. The molecule has 0 aliphatic carbocycles. The molecule has 0 fully saturated rings. The van der Waals surface area contributed by atoms with Crippen molar-refractivity contribution in [3.63, 3.8) is 0 Å².